The zero-order valence-corrected chi connectivity index (χ0v) is 11.8. The lowest BCUT2D eigenvalue weighted by Gasteiger charge is -2.19. The summed E-state index contributed by atoms with van der Waals surface area (Å²) in [5.41, 5.74) is 3.75. The molecule has 3 heteroatoms. The summed E-state index contributed by atoms with van der Waals surface area (Å²) in [7, 11) is 0. The lowest BCUT2D eigenvalue weighted by atomic mass is 10.2. The molecule has 0 aliphatic rings. The van der Waals surface area contributed by atoms with Crippen molar-refractivity contribution in [3.05, 3.63) is 72.4 Å². The first-order chi connectivity index (χ1) is 9.66. The molecule has 2 aromatic carbocycles. The van der Waals surface area contributed by atoms with Crippen LogP contribution >= 0.6 is 0 Å². The number of allylic oxidation sites excluding steroid dienone is 2. The van der Waals surface area contributed by atoms with Gasteiger partial charge in [0.1, 0.15) is 0 Å². The van der Waals surface area contributed by atoms with E-state index in [0.717, 1.165) is 22.8 Å². The molecule has 0 spiro atoms. The summed E-state index contributed by atoms with van der Waals surface area (Å²) in [6.07, 6.45) is 1.97. The largest absolute Gasteiger partial charge is 0.284 e. The number of hydrogen-bond acceptors (Lipinski definition) is 3. The van der Waals surface area contributed by atoms with Crippen molar-refractivity contribution in [1.29, 1.82) is 0 Å². The second-order valence-electron chi connectivity index (χ2n) is 4.58. The molecule has 0 aliphatic carbocycles. The molecule has 0 fully saturated rings. The quantitative estimate of drug-likeness (QED) is 0.514. The van der Waals surface area contributed by atoms with Crippen molar-refractivity contribution in [3.8, 4) is 0 Å². The second-order valence-corrected chi connectivity index (χ2v) is 4.58. The first-order valence-corrected chi connectivity index (χ1v) is 6.55. The molecule has 0 saturated heterocycles. The highest BCUT2D eigenvalue weighted by Crippen LogP contribution is 2.15. The van der Waals surface area contributed by atoms with E-state index in [1.807, 2.05) is 80.6 Å². The van der Waals surface area contributed by atoms with Crippen LogP contribution in [0.4, 0.5) is 11.4 Å². The predicted molar refractivity (Wildman–Crippen MR) is 86.1 cm³/mol. The summed E-state index contributed by atoms with van der Waals surface area (Å²) in [5, 5.41) is 1.66. The van der Waals surface area contributed by atoms with Gasteiger partial charge in [0.2, 0.25) is 0 Å². The van der Waals surface area contributed by atoms with Gasteiger partial charge in [0.05, 0.1) is 11.4 Å². The Balaban J connectivity index is 2.16. The molecule has 0 unspecified atom stereocenters. The van der Waals surface area contributed by atoms with Crippen molar-refractivity contribution >= 4 is 17.1 Å². The van der Waals surface area contributed by atoms with Gasteiger partial charge in [-0.1, -0.05) is 36.4 Å². The Kier molecular flexibility index (Phi) is 4.69. The van der Waals surface area contributed by atoms with Crippen molar-refractivity contribution in [2.75, 3.05) is 5.01 Å². The Hall–Kier alpha value is -2.39. The van der Waals surface area contributed by atoms with Gasteiger partial charge in [-0.3, -0.25) is 10.0 Å². The van der Waals surface area contributed by atoms with Crippen LogP contribution in [0.1, 0.15) is 13.8 Å². The Labute approximate surface area is 120 Å². The van der Waals surface area contributed by atoms with Gasteiger partial charge < -0.3 is 0 Å². The zero-order chi connectivity index (χ0) is 14.4. The van der Waals surface area contributed by atoms with Gasteiger partial charge in [-0.2, -0.15) is 0 Å². The van der Waals surface area contributed by atoms with Crippen molar-refractivity contribution in [1.82, 2.24) is 0 Å². The first kappa shape index (κ1) is 14.0. The molecular weight excluding hydrogens is 246 g/mol. The van der Waals surface area contributed by atoms with Gasteiger partial charge in [0, 0.05) is 11.4 Å². The van der Waals surface area contributed by atoms with E-state index in [1.165, 1.54) is 0 Å². The highest BCUT2D eigenvalue weighted by molar-refractivity contribution is 5.95. The number of hydrazine groups is 1. The molecule has 2 aromatic rings. The van der Waals surface area contributed by atoms with Gasteiger partial charge in [0.25, 0.3) is 0 Å². The lowest BCUT2D eigenvalue weighted by Crippen LogP contribution is -2.28. The van der Waals surface area contributed by atoms with Crippen LogP contribution in [-0.4, -0.2) is 5.71 Å². The van der Waals surface area contributed by atoms with Gasteiger partial charge in [-0.05, 0) is 44.2 Å². The van der Waals surface area contributed by atoms with Crippen LogP contribution in [0.2, 0.25) is 0 Å². The highest BCUT2D eigenvalue weighted by Gasteiger charge is 2.02. The number of nitrogens with zero attached hydrogens (tertiary/aromatic N) is 2. The fraction of sp³-hybridized carbons (Fsp3) is 0.118. The van der Waals surface area contributed by atoms with E-state index in [4.69, 9.17) is 5.84 Å². The van der Waals surface area contributed by atoms with E-state index < -0.39 is 0 Å². The second kappa shape index (κ2) is 6.68. The number of para-hydroxylation sites is 2. The molecule has 2 N–H and O–H groups in total. The maximum atomic E-state index is 6.09. The standard InChI is InChI=1S/C17H19N3/c1-14(19-16-9-5-3-6-10-16)13-15(2)20(18)17-11-7-4-8-12-17/h3-13H,18H2,1-2H3/b15-13-,19-14?. The molecule has 0 bridgehead atoms. The third-order valence-corrected chi connectivity index (χ3v) is 2.89. The normalized spacial score (nSPS) is 12.3. The van der Waals surface area contributed by atoms with Crippen LogP contribution in [0.3, 0.4) is 0 Å². The predicted octanol–water partition coefficient (Wildman–Crippen LogP) is 4.06. The lowest BCUT2D eigenvalue weighted by molar-refractivity contribution is 0.997. The van der Waals surface area contributed by atoms with E-state index >= 15 is 0 Å². The van der Waals surface area contributed by atoms with Gasteiger partial charge in [-0.15, -0.1) is 0 Å². The Morgan fingerprint density at radius 2 is 1.50 bits per heavy atom. The van der Waals surface area contributed by atoms with Gasteiger partial charge >= 0.3 is 0 Å². The number of nitrogens with two attached hydrogens (primary N) is 1. The number of anilines is 1. The van der Waals surface area contributed by atoms with Crippen molar-refractivity contribution < 1.29 is 0 Å². The number of rotatable bonds is 4. The summed E-state index contributed by atoms with van der Waals surface area (Å²) in [6, 6.07) is 19.7. The number of aliphatic imine (C=N–C) groups is 1. The van der Waals surface area contributed by atoms with Crippen LogP contribution in [-0.2, 0) is 0 Å². The molecule has 2 rings (SSSR count). The van der Waals surface area contributed by atoms with Crippen LogP contribution in [0, 0.1) is 0 Å². The van der Waals surface area contributed by atoms with Gasteiger partial charge in [-0.25, -0.2) is 5.84 Å². The molecule has 0 aliphatic heterocycles. The van der Waals surface area contributed by atoms with Crippen molar-refractivity contribution in [3.63, 3.8) is 0 Å². The third-order valence-electron chi connectivity index (χ3n) is 2.89. The maximum absolute atomic E-state index is 6.09. The zero-order valence-electron chi connectivity index (χ0n) is 11.8. The fourth-order valence-electron chi connectivity index (χ4n) is 1.90. The third kappa shape index (κ3) is 3.80. The molecule has 102 valence electrons. The molecule has 0 radical (unpaired) electrons. The number of benzene rings is 2. The molecule has 20 heavy (non-hydrogen) atoms. The van der Waals surface area contributed by atoms with E-state index in [1.54, 1.807) is 5.01 Å². The Morgan fingerprint density at radius 3 is 2.10 bits per heavy atom. The SMILES string of the molecule is CC(/C=C(/C)N(N)c1ccccc1)=Nc1ccccc1. The van der Waals surface area contributed by atoms with E-state index in [9.17, 15) is 0 Å². The average Bonchev–Trinajstić information content (AvgIpc) is 2.48. The molecule has 0 heterocycles. The summed E-state index contributed by atoms with van der Waals surface area (Å²) in [4.78, 5) is 4.53. The average molecular weight is 265 g/mol. The first-order valence-electron chi connectivity index (χ1n) is 6.55. The molecule has 0 aromatic heterocycles. The van der Waals surface area contributed by atoms with Crippen LogP contribution < -0.4 is 10.9 Å². The highest BCUT2D eigenvalue weighted by atomic mass is 15.4. The minimum absolute atomic E-state index is 0.917. The Morgan fingerprint density at radius 1 is 0.950 bits per heavy atom. The van der Waals surface area contributed by atoms with Gasteiger partial charge in [0.15, 0.2) is 0 Å². The van der Waals surface area contributed by atoms with E-state index in [-0.39, 0.29) is 0 Å². The van der Waals surface area contributed by atoms with E-state index in [0.29, 0.717) is 0 Å². The minimum atomic E-state index is 0.917. The summed E-state index contributed by atoms with van der Waals surface area (Å²) >= 11 is 0. The molecular formula is C17H19N3. The molecule has 0 saturated carbocycles. The van der Waals surface area contributed by atoms with Crippen LogP contribution in [0.5, 0.6) is 0 Å². The summed E-state index contributed by atoms with van der Waals surface area (Å²) < 4.78 is 0. The summed E-state index contributed by atoms with van der Waals surface area (Å²) in [5.74, 6) is 6.09. The molecule has 0 atom stereocenters. The number of hydrogen-bond donors (Lipinski definition) is 1. The molecule has 3 nitrogen and oxygen atoms in total. The van der Waals surface area contributed by atoms with Crippen molar-refractivity contribution in [2.24, 2.45) is 10.8 Å². The van der Waals surface area contributed by atoms with E-state index in [2.05, 4.69) is 4.99 Å². The summed E-state index contributed by atoms with van der Waals surface area (Å²) in [6.45, 7) is 3.94. The van der Waals surface area contributed by atoms with Crippen LogP contribution in [0.15, 0.2) is 77.4 Å². The smallest absolute Gasteiger partial charge is 0.0632 e. The maximum Gasteiger partial charge on any atom is 0.0632 e. The fourth-order valence-corrected chi connectivity index (χ4v) is 1.90. The topological polar surface area (TPSA) is 41.6 Å². The monoisotopic (exact) mass is 265 g/mol. The minimum Gasteiger partial charge on any atom is -0.284 e. The Bertz CT molecular complexity index is 601. The van der Waals surface area contributed by atoms with Crippen LogP contribution in [0.25, 0.3) is 0 Å². The van der Waals surface area contributed by atoms with Crippen molar-refractivity contribution in [2.45, 2.75) is 13.8 Å². The molecule has 0 amide bonds.